The maximum atomic E-state index is 9.60. The number of hydrogen-bond donors (Lipinski definition) is 2. The molecular weight excluding hydrogens is 282 g/mol. The Bertz CT molecular complexity index is 208. The Labute approximate surface area is 146 Å². The molecule has 0 aliphatic carbocycles. The van der Waals surface area contributed by atoms with Crippen LogP contribution in [0.2, 0.25) is 0 Å². The number of aliphatic hydroxyl groups is 1. The molecule has 0 rings (SSSR count). The second kappa shape index (κ2) is 20.0. The van der Waals surface area contributed by atoms with Crippen molar-refractivity contribution in [2.75, 3.05) is 13.6 Å². The van der Waals surface area contributed by atoms with Crippen LogP contribution in [-0.4, -0.2) is 24.8 Å². The maximum Gasteiger partial charge on any atom is 0.0664 e. The minimum atomic E-state index is -0.147. The van der Waals surface area contributed by atoms with E-state index in [1.807, 2.05) is 7.05 Å². The summed E-state index contributed by atoms with van der Waals surface area (Å²) in [7, 11) is 1.90. The molecule has 0 bridgehead atoms. The number of likely N-dealkylation sites (N-methyl/N-ethyl adjacent to an activating group) is 1. The minimum Gasteiger partial charge on any atom is -0.392 e. The highest BCUT2D eigenvalue weighted by Gasteiger charge is 2.01. The molecule has 0 aliphatic heterocycles. The lowest BCUT2D eigenvalue weighted by molar-refractivity contribution is 0.160. The molecule has 0 saturated carbocycles. The van der Waals surface area contributed by atoms with Crippen molar-refractivity contribution < 1.29 is 5.11 Å². The predicted octanol–water partition coefficient (Wildman–Crippen LogP) is 6.22. The molecule has 0 aromatic carbocycles. The van der Waals surface area contributed by atoms with Gasteiger partial charge in [0.05, 0.1) is 6.10 Å². The molecule has 0 radical (unpaired) electrons. The summed E-state index contributed by atoms with van der Waals surface area (Å²) in [6, 6.07) is 0. The van der Waals surface area contributed by atoms with Gasteiger partial charge < -0.3 is 10.4 Å². The standard InChI is InChI=1S/C21H45NO/c1-3-4-5-6-7-8-9-10-11-12-13-14-15-16-17-18-19-21(23)20-22-2/h21-23H,3-20H2,1-2H3. The second-order valence-electron chi connectivity index (χ2n) is 7.30. The molecule has 0 heterocycles. The van der Waals surface area contributed by atoms with E-state index < -0.39 is 0 Å². The highest BCUT2D eigenvalue weighted by molar-refractivity contribution is 4.57. The monoisotopic (exact) mass is 327 g/mol. The van der Waals surface area contributed by atoms with Gasteiger partial charge in [-0.3, -0.25) is 0 Å². The quantitative estimate of drug-likeness (QED) is 0.276. The van der Waals surface area contributed by atoms with Crippen LogP contribution in [0, 0.1) is 0 Å². The van der Waals surface area contributed by atoms with Gasteiger partial charge in [-0.15, -0.1) is 0 Å². The van der Waals surface area contributed by atoms with Crippen LogP contribution in [0.1, 0.15) is 116 Å². The fourth-order valence-corrected chi connectivity index (χ4v) is 3.27. The van der Waals surface area contributed by atoms with Crippen molar-refractivity contribution >= 4 is 0 Å². The SMILES string of the molecule is CCCCCCCCCCCCCCCCCCC(O)CNC. The van der Waals surface area contributed by atoms with E-state index in [0.29, 0.717) is 0 Å². The van der Waals surface area contributed by atoms with Gasteiger partial charge in [0.2, 0.25) is 0 Å². The average Bonchev–Trinajstić information content (AvgIpc) is 2.54. The van der Waals surface area contributed by atoms with Gasteiger partial charge in [-0.25, -0.2) is 0 Å². The molecule has 23 heavy (non-hydrogen) atoms. The topological polar surface area (TPSA) is 32.3 Å². The Morgan fingerprint density at radius 1 is 0.609 bits per heavy atom. The summed E-state index contributed by atoms with van der Waals surface area (Å²) in [5, 5.41) is 12.6. The third-order valence-corrected chi connectivity index (χ3v) is 4.83. The summed E-state index contributed by atoms with van der Waals surface area (Å²) < 4.78 is 0. The predicted molar refractivity (Wildman–Crippen MR) is 104 cm³/mol. The molecule has 0 aromatic rings. The molecule has 0 fully saturated rings. The maximum absolute atomic E-state index is 9.60. The molecule has 2 N–H and O–H groups in total. The third-order valence-electron chi connectivity index (χ3n) is 4.83. The van der Waals surface area contributed by atoms with Crippen LogP contribution in [-0.2, 0) is 0 Å². The van der Waals surface area contributed by atoms with E-state index in [2.05, 4.69) is 12.2 Å². The highest BCUT2D eigenvalue weighted by atomic mass is 16.3. The Morgan fingerprint density at radius 2 is 0.957 bits per heavy atom. The molecule has 0 aromatic heterocycles. The number of hydrogen-bond acceptors (Lipinski definition) is 2. The minimum absolute atomic E-state index is 0.147. The van der Waals surface area contributed by atoms with Crippen molar-refractivity contribution in [3.05, 3.63) is 0 Å². The zero-order chi connectivity index (χ0) is 17.0. The van der Waals surface area contributed by atoms with Gasteiger partial charge in [0.15, 0.2) is 0 Å². The van der Waals surface area contributed by atoms with Gasteiger partial charge in [-0.05, 0) is 13.5 Å². The first kappa shape index (κ1) is 22.9. The molecule has 140 valence electrons. The first-order valence-electron chi connectivity index (χ1n) is 10.6. The molecule has 2 nitrogen and oxygen atoms in total. The molecular formula is C21H45NO. The zero-order valence-corrected chi connectivity index (χ0v) is 16.3. The van der Waals surface area contributed by atoms with E-state index in [0.717, 1.165) is 13.0 Å². The summed E-state index contributed by atoms with van der Waals surface area (Å²) in [6.45, 7) is 3.02. The molecule has 0 aliphatic rings. The van der Waals surface area contributed by atoms with Gasteiger partial charge in [0, 0.05) is 6.54 Å². The highest BCUT2D eigenvalue weighted by Crippen LogP contribution is 2.14. The summed E-state index contributed by atoms with van der Waals surface area (Å²) in [5.74, 6) is 0. The lowest BCUT2D eigenvalue weighted by atomic mass is 10.0. The summed E-state index contributed by atoms with van der Waals surface area (Å²) in [4.78, 5) is 0. The molecule has 0 amide bonds. The Balaban J connectivity index is 3.00. The van der Waals surface area contributed by atoms with Crippen LogP contribution < -0.4 is 5.32 Å². The molecule has 2 heteroatoms. The normalized spacial score (nSPS) is 12.7. The summed E-state index contributed by atoms with van der Waals surface area (Å²) >= 11 is 0. The first-order valence-corrected chi connectivity index (χ1v) is 10.6. The zero-order valence-electron chi connectivity index (χ0n) is 16.3. The Kier molecular flexibility index (Phi) is 19.9. The summed E-state index contributed by atoms with van der Waals surface area (Å²) in [5.41, 5.74) is 0. The number of nitrogens with one attached hydrogen (secondary N) is 1. The van der Waals surface area contributed by atoms with Crippen molar-refractivity contribution in [1.29, 1.82) is 0 Å². The van der Waals surface area contributed by atoms with E-state index in [4.69, 9.17) is 0 Å². The van der Waals surface area contributed by atoms with Crippen molar-refractivity contribution in [2.45, 2.75) is 122 Å². The fourth-order valence-electron chi connectivity index (χ4n) is 3.27. The largest absolute Gasteiger partial charge is 0.392 e. The molecule has 1 unspecified atom stereocenters. The fraction of sp³-hybridized carbons (Fsp3) is 1.00. The number of rotatable bonds is 19. The van der Waals surface area contributed by atoms with Crippen molar-refractivity contribution in [3.63, 3.8) is 0 Å². The van der Waals surface area contributed by atoms with Gasteiger partial charge in [-0.2, -0.15) is 0 Å². The first-order chi connectivity index (χ1) is 11.3. The lowest BCUT2D eigenvalue weighted by Gasteiger charge is -2.09. The van der Waals surface area contributed by atoms with Crippen molar-refractivity contribution in [1.82, 2.24) is 5.32 Å². The average molecular weight is 328 g/mol. The van der Waals surface area contributed by atoms with Crippen molar-refractivity contribution in [3.8, 4) is 0 Å². The van der Waals surface area contributed by atoms with E-state index in [-0.39, 0.29) is 6.10 Å². The van der Waals surface area contributed by atoms with Crippen molar-refractivity contribution in [2.24, 2.45) is 0 Å². The van der Waals surface area contributed by atoms with Crippen LogP contribution in [0.4, 0.5) is 0 Å². The Morgan fingerprint density at radius 3 is 1.30 bits per heavy atom. The molecule has 0 saturated heterocycles. The molecule has 1 atom stereocenters. The van der Waals surface area contributed by atoms with Crippen LogP contribution in [0.25, 0.3) is 0 Å². The third kappa shape index (κ3) is 19.9. The van der Waals surface area contributed by atoms with Crippen LogP contribution in [0.15, 0.2) is 0 Å². The van der Waals surface area contributed by atoms with Crippen LogP contribution in [0.3, 0.4) is 0 Å². The van der Waals surface area contributed by atoms with E-state index >= 15 is 0 Å². The van der Waals surface area contributed by atoms with Gasteiger partial charge in [-0.1, -0.05) is 110 Å². The molecule has 0 spiro atoms. The smallest absolute Gasteiger partial charge is 0.0664 e. The van der Waals surface area contributed by atoms with Gasteiger partial charge in [0.1, 0.15) is 0 Å². The number of aliphatic hydroxyl groups excluding tert-OH is 1. The van der Waals surface area contributed by atoms with E-state index in [1.165, 1.54) is 103 Å². The number of unbranched alkanes of at least 4 members (excludes halogenated alkanes) is 15. The summed E-state index contributed by atoms with van der Waals surface area (Å²) in [6.07, 6.45) is 23.3. The second-order valence-corrected chi connectivity index (χ2v) is 7.30. The van der Waals surface area contributed by atoms with E-state index in [9.17, 15) is 5.11 Å². The van der Waals surface area contributed by atoms with Gasteiger partial charge >= 0.3 is 0 Å². The van der Waals surface area contributed by atoms with E-state index in [1.54, 1.807) is 0 Å². The Hall–Kier alpha value is -0.0800. The van der Waals surface area contributed by atoms with Gasteiger partial charge in [0.25, 0.3) is 0 Å². The van der Waals surface area contributed by atoms with Crippen LogP contribution >= 0.6 is 0 Å². The lowest BCUT2D eigenvalue weighted by Crippen LogP contribution is -2.23. The van der Waals surface area contributed by atoms with Crippen LogP contribution in [0.5, 0.6) is 0 Å².